The molecule has 0 spiro atoms. The summed E-state index contributed by atoms with van der Waals surface area (Å²) in [4.78, 5) is 25.8. The van der Waals surface area contributed by atoms with Crippen LogP contribution >= 0.6 is 0 Å². The van der Waals surface area contributed by atoms with Crippen molar-refractivity contribution in [1.82, 2.24) is 0 Å². The molecule has 0 aromatic heterocycles. The van der Waals surface area contributed by atoms with Gasteiger partial charge in [0.05, 0.1) is 47.0 Å². The summed E-state index contributed by atoms with van der Waals surface area (Å²) in [6, 6.07) is 16.0. The lowest BCUT2D eigenvalue weighted by molar-refractivity contribution is 0.0600. The molecule has 0 unspecified atom stereocenters. The number of carbonyl (C=O) groups excluding carboxylic acids is 2. The first-order chi connectivity index (χ1) is 16.4. The van der Waals surface area contributed by atoms with Crippen molar-refractivity contribution in [1.29, 1.82) is 0 Å². The van der Waals surface area contributed by atoms with Gasteiger partial charge in [-0.2, -0.15) is 0 Å². The first-order valence-corrected chi connectivity index (χ1v) is 10.7. The third-order valence-corrected chi connectivity index (χ3v) is 6.19. The van der Waals surface area contributed by atoms with E-state index in [0.717, 1.165) is 16.7 Å². The molecule has 176 valence electrons. The highest BCUT2D eigenvalue weighted by Gasteiger charge is 2.44. The Labute approximate surface area is 198 Å². The van der Waals surface area contributed by atoms with Gasteiger partial charge in [0.15, 0.2) is 5.78 Å². The second-order valence-corrected chi connectivity index (χ2v) is 7.87. The number of Topliss-reactive ketones (excluding diaryl/α,β-unsaturated/α-hetero) is 1. The third kappa shape index (κ3) is 3.94. The van der Waals surface area contributed by atoms with E-state index in [9.17, 15) is 9.59 Å². The van der Waals surface area contributed by atoms with Crippen LogP contribution in [0.15, 0.2) is 54.6 Å². The average molecular weight is 462 g/mol. The van der Waals surface area contributed by atoms with Gasteiger partial charge in [0.25, 0.3) is 0 Å². The molecule has 7 nitrogen and oxygen atoms in total. The Balaban J connectivity index is 1.94. The molecule has 0 aliphatic heterocycles. The van der Waals surface area contributed by atoms with Crippen molar-refractivity contribution < 1.29 is 33.3 Å². The molecule has 0 amide bonds. The standard InChI is InChI=1S/C27H26O7/c1-30-18-10-17(11-19(12-18)31-2)23-24(15-6-8-16(9-7-15)27(29)34-5)26(28)21-13-20(32-3)14-22(33-4)25(21)23/h6-14,23-24H,1-5H3/t23-,24-/m1/s1. The van der Waals surface area contributed by atoms with E-state index in [1.807, 2.05) is 12.1 Å². The Bertz CT molecular complexity index is 1210. The van der Waals surface area contributed by atoms with Crippen molar-refractivity contribution in [3.05, 3.63) is 82.4 Å². The highest BCUT2D eigenvalue weighted by Crippen LogP contribution is 2.53. The van der Waals surface area contributed by atoms with Crippen LogP contribution in [0.25, 0.3) is 0 Å². The van der Waals surface area contributed by atoms with Crippen molar-refractivity contribution >= 4 is 11.8 Å². The molecule has 1 aliphatic rings. The number of ether oxygens (including phenoxy) is 5. The summed E-state index contributed by atoms with van der Waals surface area (Å²) < 4.78 is 26.9. The van der Waals surface area contributed by atoms with E-state index in [-0.39, 0.29) is 11.7 Å². The molecule has 2 atom stereocenters. The molecule has 7 heteroatoms. The highest BCUT2D eigenvalue weighted by atomic mass is 16.5. The minimum atomic E-state index is -0.556. The largest absolute Gasteiger partial charge is 0.497 e. The number of fused-ring (bicyclic) bond motifs is 1. The maximum absolute atomic E-state index is 13.8. The fraction of sp³-hybridized carbons (Fsp3) is 0.259. The van der Waals surface area contributed by atoms with Crippen LogP contribution in [-0.2, 0) is 4.74 Å². The van der Waals surface area contributed by atoms with Crippen molar-refractivity contribution in [2.45, 2.75) is 11.8 Å². The van der Waals surface area contributed by atoms with Crippen LogP contribution < -0.4 is 18.9 Å². The summed E-state index contributed by atoms with van der Waals surface area (Å²) in [5, 5.41) is 0. The Morgan fingerprint density at radius 1 is 0.676 bits per heavy atom. The summed E-state index contributed by atoms with van der Waals surface area (Å²) in [7, 11) is 7.62. The topological polar surface area (TPSA) is 80.3 Å². The van der Waals surface area contributed by atoms with E-state index < -0.39 is 11.9 Å². The summed E-state index contributed by atoms with van der Waals surface area (Å²) in [5.74, 6) is 0.884. The first kappa shape index (κ1) is 23.2. The number of benzene rings is 3. The normalized spacial score (nSPS) is 16.6. The van der Waals surface area contributed by atoms with Crippen LogP contribution in [0.5, 0.6) is 23.0 Å². The number of methoxy groups -OCH3 is 5. The lowest BCUT2D eigenvalue weighted by atomic mass is 9.81. The number of carbonyl (C=O) groups is 2. The Kier molecular flexibility index (Phi) is 6.45. The number of hydrogen-bond donors (Lipinski definition) is 0. The fourth-order valence-corrected chi connectivity index (χ4v) is 4.55. The van der Waals surface area contributed by atoms with Gasteiger partial charge in [0.2, 0.25) is 0 Å². The van der Waals surface area contributed by atoms with Gasteiger partial charge in [-0.25, -0.2) is 4.79 Å². The molecule has 0 saturated heterocycles. The molecule has 34 heavy (non-hydrogen) atoms. The molecule has 0 saturated carbocycles. The molecule has 3 aromatic rings. The first-order valence-electron chi connectivity index (χ1n) is 10.7. The summed E-state index contributed by atoms with van der Waals surface area (Å²) in [5.41, 5.74) is 3.32. The summed E-state index contributed by atoms with van der Waals surface area (Å²) >= 11 is 0. The van der Waals surface area contributed by atoms with E-state index in [1.54, 1.807) is 70.9 Å². The SMILES string of the molecule is COC(=O)c1ccc([C@H]2C(=O)c3cc(OC)cc(OC)c3[C@@H]2c2cc(OC)cc(OC)c2)cc1. The van der Waals surface area contributed by atoms with E-state index >= 15 is 0 Å². The van der Waals surface area contributed by atoms with Gasteiger partial charge in [-0.1, -0.05) is 12.1 Å². The average Bonchev–Trinajstić information content (AvgIpc) is 3.19. The highest BCUT2D eigenvalue weighted by molar-refractivity contribution is 6.08. The van der Waals surface area contributed by atoms with Crippen LogP contribution in [0.3, 0.4) is 0 Å². The van der Waals surface area contributed by atoms with Crippen LogP contribution in [0.2, 0.25) is 0 Å². The zero-order valence-corrected chi connectivity index (χ0v) is 19.7. The van der Waals surface area contributed by atoms with Crippen molar-refractivity contribution in [2.24, 2.45) is 0 Å². The maximum Gasteiger partial charge on any atom is 0.337 e. The predicted molar refractivity (Wildman–Crippen MR) is 126 cm³/mol. The Morgan fingerprint density at radius 2 is 1.26 bits per heavy atom. The van der Waals surface area contributed by atoms with Gasteiger partial charge in [0, 0.05) is 29.2 Å². The number of esters is 1. The molecular weight excluding hydrogens is 436 g/mol. The lowest BCUT2D eigenvalue weighted by Crippen LogP contribution is -2.14. The molecule has 0 fully saturated rings. The van der Waals surface area contributed by atoms with Crippen molar-refractivity contribution in [3.63, 3.8) is 0 Å². The van der Waals surface area contributed by atoms with Crippen LogP contribution in [0.1, 0.15) is 49.2 Å². The molecule has 0 N–H and O–H groups in total. The second kappa shape index (κ2) is 9.47. The minimum Gasteiger partial charge on any atom is -0.497 e. The lowest BCUT2D eigenvalue weighted by Gasteiger charge is -2.23. The summed E-state index contributed by atoms with van der Waals surface area (Å²) in [6.45, 7) is 0. The Morgan fingerprint density at radius 3 is 1.79 bits per heavy atom. The Hall–Kier alpha value is -4.00. The smallest absolute Gasteiger partial charge is 0.337 e. The van der Waals surface area contributed by atoms with Gasteiger partial charge in [-0.15, -0.1) is 0 Å². The van der Waals surface area contributed by atoms with Crippen molar-refractivity contribution in [3.8, 4) is 23.0 Å². The molecule has 0 heterocycles. The quantitative estimate of drug-likeness (QED) is 0.474. The van der Waals surface area contributed by atoms with E-state index in [4.69, 9.17) is 23.7 Å². The van der Waals surface area contributed by atoms with E-state index in [1.165, 1.54) is 7.11 Å². The second-order valence-electron chi connectivity index (χ2n) is 7.87. The van der Waals surface area contributed by atoms with Gasteiger partial charge in [-0.3, -0.25) is 4.79 Å². The number of ketones is 1. The van der Waals surface area contributed by atoms with Gasteiger partial charge in [0.1, 0.15) is 23.0 Å². The van der Waals surface area contributed by atoms with Crippen molar-refractivity contribution in [2.75, 3.05) is 35.5 Å². The molecular formula is C27H26O7. The van der Waals surface area contributed by atoms with E-state index in [2.05, 4.69) is 0 Å². The predicted octanol–water partition coefficient (Wildman–Crippen LogP) is 4.62. The molecule has 3 aromatic carbocycles. The monoisotopic (exact) mass is 462 g/mol. The van der Waals surface area contributed by atoms with Gasteiger partial charge in [-0.05, 0) is 41.5 Å². The molecule has 0 bridgehead atoms. The minimum absolute atomic E-state index is 0.0650. The molecule has 4 rings (SSSR count). The van der Waals surface area contributed by atoms with Gasteiger partial charge >= 0.3 is 5.97 Å². The zero-order chi connectivity index (χ0) is 24.4. The zero-order valence-electron chi connectivity index (χ0n) is 19.7. The maximum atomic E-state index is 13.8. The van der Waals surface area contributed by atoms with Gasteiger partial charge < -0.3 is 23.7 Å². The summed E-state index contributed by atoms with van der Waals surface area (Å²) in [6.07, 6.45) is 0. The fourth-order valence-electron chi connectivity index (χ4n) is 4.55. The van der Waals surface area contributed by atoms with Crippen LogP contribution in [0, 0.1) is 0 Å². The number of rotatable bonds is 7. The van der Waals surface area contributed by atoms with E-state index in [0.29, 0.717) is 34.1 Å². The third-order valence-electron chi connectivity index (χ3n) is 6.19. The van der Waals surface area contributed by atoms with Crippen LogP contribution in [0.4, 0.5) is 0 Å². The number of hydrogen-bond acceptors (Lipinski definition) is 7. The molecule has 1 aliphatic carbocycles. The van der Waals surface area contributed by atoms with Crippen LogP contribution in [-0.4, -0.2) is 47.3 Å². The molecule has 0 radical (unpaired) electrons.